The van der Waals surface area contributed by atoms with Crippen LogP contribution in [-0.4, -0.2) is 23.8 Å². The summed E-state index contributed by atoms with van der Waals surface area (Å²) < 4.78 is 5.48. The van der Waals surface area contributed by atoms with Gasteiger partial charge in [0.25, 0.3) is 0 Å². The number of hydrogen-bond donors (Lipinski definition) is 1. The first kappa shape index (κ1) is 22.3. The molecule has 0 bridgehead atoms. The Hall–Kier alpha value is -2.88. The van der Waals surface area contributed by atoms with Gasteiger partial charge in [0.15, 0.2) is 5.78 Å². The smallest absolute Gasteiger partial charge is 0.198 e. The van der Waals surface area contributed by atoms with Gasteiger partial charge in [0.1, 0.15) is 17.3 Å². The summed E-state index contributed by atoms with van der Waals surface area (Å²) in [5, 5.41) is 11.5. The van der Waals surface area contributed by atoms with Gasteiger partial charge in [-0.1, -0.05) is 39.0 Å². The van der Waals surface area contributed by atoms with Gasteiger partial charge < -0.3 is 9.84 Å². The largest absolute Gasteiger partial charge is 0.507 e. The first-order valence-corrected chi connectivity index (χ1v) is 11.7. The average Bonchev–Trinajstić information content (AvgIpc) is 2.81. The molecule has 168 valence electrons. The van der Waals surface area contributed by atoms with Crippen molar-refractivity contribution in [2.24, 2.45) is 5.92 Å². The Balaban J connectivity index is 1.90. The van der Waals surface area contributed by atoms with Crippen LogP contribution in [0.1, 0.15) is 95.6 Å². The Labute approximate surface area is 190 Å². The summed E-state index contributed by atoms with van der Waals surface area (Å²) in [5.74, 6) is 0.860. The van der Waals surface area contributed by atoms with Crippen molar-refractivity contribution >= 4 is 17.1 Å². The standard InChI is InChI=1S/C28H32O4/c1-6-8-11-21(29)18-13-17(7-2)23-16(4)25-24(27(30)20(23)14-18)15(3)19-10-9-12-22(32-5)26(19)28(25)31/h9-10,12,17-18,30H,3,6-8,11,13-14H2,1-2,4-5H3. The third-order valence-corrected chi connectivity index (χ3v) is 7.36. The van der Waals surface area contributed by atoms with E-state index in [2.05, 4.69) is 20.4 Å². The molecule has 1 N–H and O–H groups in total. The predicted molar refractivity (Wildman–Crippen MR) is 127 cm³/mol. The van der Waals surface area contributed by atoms with E-state index in [4.69, 9.17) is 4.74 Å². The van der Waals surface area contributed by atoms with Crippen LogP contribution in [0.15, 0.2) is 24.8 Å². The predicted octanol–water partition coefficient (Wildman–Crippen LogP) is 6.13. The molecule has 2 aliphatic carbocycles. The highest BCUT2D eigenvalue weighted by Gasteiger charge is 2.39. The molecule has 2 aromatic rings. The highest BCUT2D eigenvalue weighted by atomic mass is 16.5. The molecule has 4 heteroatoms. The number of aromatic hydroxyl groups is 1. The minimum absolute atomic E-state index is 0.0812. The first-order valence-electron chi connectivity index (χ1n) is 11.7. The Morgan fingerprint density at radius 1 is 1.22 bits per heavy atom. The first-order chi connectivity index (χ1) is 15.3. The van der Waals surface area contributed by atoms with Crippen LogP contribution in [0.5, 0.6) is 11.5 Å². The molecule has 0 heterocycles. The molecule has 4 rings (SSSR count). The summed E-state index contributed by atoms with van der Waals surface area (Å²) >= 11 is 0. The van der Waals surface area contributed by atoms with Crippen molar-refractivity contribution in [3.8, 4) is 11.5 Å². The van der Waals surface area contributed by atoms with E-state index in [1.165, 1.54) is 0 Å². The van der Waals surface area contributed by atoms with Gasteiger partial charge >= 0.3 is 0 Å². The van der Waals surface area contributed by atoms with Crippen LogP contribution in [0.25, 0.3) is 5.57 Å². The molecule has 32 heavy (non-hydrogen) atoms. The zero-order chi connectivity index (χ0) is 23.2. The van der Waals surface area contributed by atoms with Gasteiger partial charge in [-0.05, 0) is 72.4 Å². The Morgan fingerprint density at radius 3 is 2.62 bits per heavy atom. The summed E-state index contributed by atoms with van der Waals surface area (Å²) in [4.78, 5) is 26.6. The van der Waals surface area contributed by atoms with Crippen molar-refractivity contribution in [2.75, 3.05) is 7.11 Å². The van der Waals surface area contributed by atoms with Gasteiger partial charge in [-0.3, -0.25) is 9.59 Å². The van der Waals surface area contributed by atoms with Crippen LogP contribution in [-0.2, 0) is 11.2 Å². The number of hydrogen-bond acceptors (Lipinski definition) is 4. The van der Waals surface area contributed by atoms with Crippen molar-refractivity contribution in [1.29, 1.82) is 0 Å². The topological polar surface area (TPSA) is 63.6 Å². The van der Waals surface area contributed by atoms with E-state index in [9.17, 15) is 14.7 Å². The maximum Gasteiger partial charge on any atom is 0.198 e. The number of ketones is 2. The number of rotatable bonds is 6. The van der Waals surface area contributed by atoms with Gasteiger partial charge in [0.2, 0.25) is 0 Å². The fourth-order valence-electron chi connectivity index (χ4n) is 5.69. The van der Waals surface area contributed by atoms with Crippen LogP contribution in [0.3, 0.4) is 0 Å². The SMILES string of the molecule is C=C1c2cccc(OC)c2C(=O)c2c(C)c3c(c(O)c21)CC(C(=O)CCCC)CC3CC. The second-order valence-corrected chi connectivity index (χ2v) is 9.12. The normalized spacial score (nSPS) is 19.2. The lowest BCUT2D eigenvalue weighted by molar-refractivity contribution is -0.123. The molecule has 2 aliphatic rings. The van der Waals surface area contributed by atoms with Crippen LogP contribution in [0, 0.1) is 12.8 Å². The van der Waals surface area contributed by atoms with Gasteiger partial charge in [-0.25, -0.2) is 0 Å². The summed E-state index contributed by atoms with van der Waals surface area (Å²) in [6, 6.07) is 5.46. The Bertz CT molecular complexity index is 1120. The van der Waals surface area contributed by atoms with Crippen molar-refractivity contribution in [2.45, 2.75) is 65.2 Å². The second kappa shape index (κ2) is 8.57. The summed E-state index contributed by atoms with van der Waals surface area (Å²) in [5.41, 5.74) is 5.64. The second-order valence-electron chi connectivity index (χ2n) is 9.12. The number of Topliss-reactive ketones (excluding diaryl/α,β-unsaturated/α-hetero) is 1. The van der Waals surface area contributed by atoms with Gasteiger partial charge in [-0.15, -0.1) is 0 Å². The van der Waals surface area contributed by atoms with Gasteiger partial charge in [0.05, 0.1) is 12.7 Å². The molecular formula is C28H32O4. The maximum absolute atomic E-state index is 13.7. The van der Waals surface area contributed by atoms with E-state index in [-0.39, 0.29) is 29.2 Å². The number of benzene rings is 2. The number of carbonyl (C=O) groups excluding carboxylic acids is 2. The van der Waals surface area contributed by atoms with E-state index in [0.717, 1.165) is 42.4 Å². The number of methoxy groups -OCH3 is 1. The number of ether oxygens (including phenoxy) is 1. The number of phenols is 1. The molecule has 0 aromatic heterocycles. The minimum Gasteiger partial charge on any atom is -0.507 e. The van der Waals surface area contributed by atoms with Gasteiger partial charge in [0, 0.05) is 23.5 Å². The third kappa shape index (κ3) is 3.28. The summed E-state index contributed by atoms with van der Waals surface area (Å²) in [6.45, 7) is 10.4. The molecule has 2 aromatic carbocycles. The van der Waals surface area contributed by atoms with E-state index < -0.39 is 0 Å². The van der Waals surface area contributed by atoms with E-state index in [0.29, 0.717) is 46.4 Å². The van der Waals surface area contributed by atoms with Crippen molar-refractivity contribution in [3.05, 3.63) is 63.7 Å². The summed E-state index contributed by atoms with van der Waals surface area (Å²) in [7, 11) is 1.56. The molecular weight excluding hydrogens is 400 g/mol. The molecule has 2 atom stereocenters. The lowest BCUT2D eigenvalue weighted by Gasteiger charge is -2.36. The Morgan fingerprint density at radius 2 is 1.97 bits per heavy atom. The molecule has 0 saturated carbocycles. The molecule has 2 unspecified atom stereocenters. The number of unbranched alkanes of at least 4 members (excludes halogenated alkanes) is 1. The highest BCUT2D eigenvalue weighted by Crippen LogP contribution is 2.51. The lowest BCUT2D eigenvalue weighted by atomic mass is 9.68. The van der Waals surface area contributed by atoms with Crippen LogP contribution < -0.4 is 4.74 Å². The third-order valence-electron chi connectivity index (χ3n) is 7.36. The van der Waals surface area contributed by atoms with E-state index >= 15 is 0 Å². The maximum atomic E-state index is 13.7. The monoisotopic (exact) mass is 432 g/mol. The molecule has 4 nitrogen and oxygen atoms in total. The quantitative estimate of drug-likeness (QED) is 0.509. The lowest BCUT2D eigenvalue weighted by Crippen LogP contribution is -2.28. The summed E-state index contributed by atoms with van der Waals surface area (Å²) in [6.07, 6.45) is 4.66. The molecule has 0 fully saturated rings. The van der Waals surface area contributed by atoms with E-state index in [1.54, 1.807) is 13.2 Å². The van der Waals surface area contributed by atoms with Crippen LogP contribution in [0.2, 0.25) is 0 Å². The van der Waals surface area contributed by atoms with Crippen molar-refractivity contribution in [3.63, 3.8) is 0 Å². The zero-order valence-electron chi connectivity index (χ0n) is 19.5. The highest BCUT2D eigenvalue weighted by molar-refractivity contribution is 6.21. The number of phenolic OH excluding ortho intramolecular Hbond substituents is 1. The minimum atomic E-state index is -0.133. The van der Waals surface area contributed by atoms with Crippen LogP contribution in [0.4, 0.5) is 0 Å². The van der Waals surface area contributed by atoms with Gasteiger partial charge in [-0.2, -0.15) is 0 Å². The zero-order valence-corrected chi connectivity index (χ0v) is 19.5. The van der Waals surface area contributed by atoms with Crippen molar-refractivity contribution in [1.82, 2.24) is 0 Å². The molecule has 0 amide bonds. The molecule has 0 radical (unpaired) electrons. The van der Waals surface area contributed by atoms with Crippen molar-refractivity contribution < 1.29 is 19.4 Å². The number of fused-ring (bicyclic) bond motifs is 3. The molecule has 0 saturated heterocycles. The fraction of sp³-hybridized carbons (Fsp3) is 0.429. The fourth-order valence-corrected chi connectivity index (χ4v) is 5.69. The Kier molecular flexibility index (Phi) is 5.98. The number of carbonyl (C=O) groups is 2. The molecule has 0 aliphatic heterocycles. The average molecular weight is 433 g/mol. The molecule has 0 spiro atoms. The van der Waals surface area contributed by atoms with Crippen LogP contribution >= 0.6 is 0 Å². The van der Waals surface area contributed by atoms with E-state index in [1.807, 2.05) is 19.1 Å².